The molecule has 0 radical (unpaired) electrons. The fourth-order valence-electron chi connectivity index (χ4n) is 2.06. The van der Waals surface area contributed by atoms with Gasteiger partial charge in [0.05, 0.1) is 13.1 Å². The van der Waals surface area contributed by atoms with E-state index in [1.165, 1.54) is 5.56 Å². The van der Waals surface area contributed by atoms with Gasteiger partial charge in [0, 0.05) is 13.6 Å². The number of hydrogen-bond acceptors (Lipinski definition) is 3. The molecule has 0 unspecified atom stereocenters. The molecule has 0 spiro atoms. The van der Waals surface area contributed by atoms with Crippen LogP contribution >= 0.6 is 15.9 Å². The quantitative estimate of drug-likeness (QED) is 0.802. The molecule has 0 saturated carbocycles. The molecular weight excluding hydrogens is 332 g/mol. The third-order valence-electron chi connectivity index (χ3n) is 3.15. The van der Waals surface area contributed by atoms with Crippen molar-refractivity contribution in [2.75, 3.05) is 20.6 Å². The Balaban J connectivity index is 1.82. The van der Waals surface area contributed by atoms with Gasteiger partial charge in [0.2, 0.25) is 5.91 Å². The topological polar surface area (TPSA) is 36.7 Å². The van der Waals surface area contributed by atoms with E-state index in [1.807, 2.05) is 42.3 Å². The largest absolute Gasteiger partial charge is 0.452 e. The second-order valence-corrected chi connectivity index (χ2v) is 5.90. The minimum absolute atomic E-state index is 0.0703. The molecule has 0 atom stereocenters. The number of halogens is 1. The molecule has 1 aromatic carbocycles. The molecule has 1 amide bonds. The van der Waals surface area contributed by atoms with Crippen molar-refractivity contribution >= 4 is 21.8 Å². The average Bonchev–Trinajstić information content (AvgIpc) is 2.85. The molecule has 0 bridgehead atoms. The van der Waals surface area contributed by atoms with E-state index in [-0.39, 0.29) is 5.91 Å². The van der Waals surface area contributed by atoms with Gasteiger partial charge in [-0.2, -0.15) is 0 Å². The number of hydrogen-bond donors (Lipinski definition) is 0. The molecule has 0 aliphatic rings. The zero-order chi connectivity index (χ0) is 15.2. The lowest BCUT2D eigenvalue weighted by molar-refractivity contribution is -0.131. The van der Waals surface area contributed by atoms with E-state index in [1.54, 1.807) is 11.9 Å². The van der Waals surface area contributed by atoms with Crippen LogP contribution in [-0.4, -0.2) is 36.3 Å². The summed E-state index contributed by atoms with van der Waals surface area (Å²) in [6, 6.07) is 13.8. The summed E-state index contributed by atoms with van der Waals surface area (Å²) in [6.45, 7) is 1.61. The van der Waals surface area contributed by atoms with Crippen LogP contribution in [-0.2, 0) is 17.9 Å². The van der Waals surface area contributed by atoms with E-state index < -0.39 is 0 Å². The number of benzene rings is 1. The van der Waals surface area contributed by atoms with Crippen molar-refractivity contribution in [2.45, 2.75) is 13.1 Å². The lowest BCUT2D eigenvalue weighted by Gasteiger charge is -2.21. The monoisotopic (exact) mass is 350 g/mol. The first kappa shape index (κ1) is 15.8. The zero-order valence-corrected chi connectivity index (χ0v) is 13.8. The first-order chi connectivity index (χ1) is 10.0. The van der Waals surface area contributed by atoms with Crippen LogP contribution in [0.4, 0.5) is 0 Å². The highest BCUT2D eigenvalue weighted by molar-refractivity contribution is 9.10. The van der Waals surface area contributed by atoms with Crippen LogP contribution in [0.1, 0.15) is 11.3 Å². The molecule has 5 heteroatoms. The number of carbonyl (C=O) groups excluding carboxylic acids is 1. The van der Waals surface area contributed by atoms with Crippen LogP contribution in [0.5, 0.6) is 0 Å². The first-order valence-corrected chi connectivity index (χ1v) is 7.54. The summed E-state index contributed by atoms with van der Waals surface area (Å²) < 4.78 is 6.09. The highest BCUT2D eigenvalue weighted by atomic mass is 79.9. The molecule has 2 aromatic rings. The second kappa shape index (κ2) is 7.43. The standard InChI is InChI=1S/C16H19BrN2O2/c1-18(10-13-6-4-3-5-7-13)12-16(20)19(2)11-14-8-9-15(17)21-14/h3-9H,10-12H2,1-2H3. The average molecular weight is 351 g/mol. The molecule has 0 aliphatic carbocycles. The van der Waals surface area contributed by atoms with E-state index >= 15 is 0 Å². The lowest BCUT2D eigenvalue weighted by atomic mass is 10.2. The molecule has 112 valence electrons. The SMILES string of the molecule is CN(CC(=O)N(C)Cc1ccc(Br)o1)Cc1ccccc1. The van der Waals surface area contributed by atoms with E-state index in [0.29, 0.717) is 17.8 Å². The minimum Gasteiger partial charge on any atom is -0.452 e. The van der Waals surface area contributed by atoms with Crippen LogP contribution in [0.2, 0.25) is 0 Å². The van der Waals surface area contributed by atoms with E-state index in [9.17, 15) is 4.79 Å². The summed E-state index contributed by atoms with van der Waals surface area (Å²) >= 11 is 3.26. The van der Waals surface area contributed by atoms with Crippen molar-refractivity contribution in [3.8, 4) is 0 Å². The Bertz CT molecular complexity index is 583. The van der Waals surface area contributed by atoms with Gasteiger partial charge in [0.1, 0.15) is 5.76 Å². The maximum atomic E-state index is 12.2. The van der Waals surface area contributed by atoms with E-state index in [0.717, 1.165) is 12.3 Å². The number of rotatable bonds is 6. The number of likely N-dealkylation sites (N-methyl/N-ethyl adjacent to an activating group) is 2. The Morgan fingerprint density at radius 1 is 1.10 bits per heavy atom. The van der Waals surface area contributed by atoms with E-state index in [2.05, 4.69) is 28.1 Å². The minimum atomic E-state index is 0.0703. The van der Waals surface area contributed by atoms with Crippen molar-refractivity contribution in [1.29, 1.82) is 0 Å². The van der Waals surface area contributed by atoms with Gasteiger partial charge < -0.3 is 9.32 Å². The summed E-state index contributed by atoms with van der Waals surface area (Å²) in [7, 11) is 3.73. The van der Waals surface area contributed by atoms with Gasteiger partial charge in [-0.3, -0.25) is 9.69 Å². The zero-order valence-electron chi connectivity index (χ0n) is 12.3. The second-order valence-electron chi connectivity index (χ2n) is 5.11. The Hall–Kier alpha value is -1.59. The predicted octanol–water partition coefficient (Wildman–Crippen LogP) is 3.13. The molecule has 1 heterocycles. The fourth-order valence-corrected chi connectivity index (χ4v) is 2.40. The van der Waals surface area contributed by atoms with Crippen molar-refractivity contribution in [2.24, 2.45) is 0 Å². The maximum absolute atomic E-state index is 12.2. The number of amides is 1. The normalized spacial score (nSPS) is 10.9. The van der Waals surface area contributed by atoms with Crippen molar-refractivity contribution in [3.63, 3.8) is 0 Å². The van der Waals surface area contributed by atoms with Crippen molar-refractivity contribution in [1.82, 2.24) is 9.80 Å². The summed E-state index contributed by atoms with van der Waals surface area (Å²) in [5, 5.41) is 0. The molecule has 0 aliphatic heterocycles. The first-order valence-electron chi connectivity index (χ1n) is 6.75. The Kier molecular flexibility index (Phi) is 5.59. The van der Waals surface area contributed by atoms with Crippen molar-refractivity contribution < 1.29 is 9.21 Å². The number of nitrogens with zero attached hydrogens (tertiary/aromatic N) is 2. The van der Waals surface area contributed by atoms with Gasteiger partial charge in [-0.25, -0.2) is 0 Å². The third kappa shape index (κ3) is 5.02. The Morgan fingerprint density at radius 2 is 1.81 bits per heavy atom. The van der Waals surface area contributed by atoms with Crippen LogP contribution in [0.3, 0.4) is 0 Å². The summed E-state index contributed by atoms with van der Waals surface area (Å²) in [4.78, 5) is 15.9. The highest BCUT2D eigenvalue weighted by Gasteiger charge is 2.13. The van der Waals surface area contributed by atoms with Crippen LogP contribution < -0.4 is 0 Å². The molecular formula is C16H19BrN2O2. The van der Waals surface area contributed by atoms with Gasteiger partial charge in [0.25, 0.3) is 0 Å². The van der Waals surface area contributed by atoms with Crippen molar-refractivity contribution in [3.05, 3.63) is 58.5 Å². The van der Waals surface area contributed by atoms with Crippen LogP contribution in [0.15, 0.2) is 51.6 Å². The summed E-state index contributed by atoms with van der Waals surface area (Å²) in [6.07, 6.45) is 0. The van der Waals surface area contributed by atoms with E-state index in [4.69, 9.17) is 4.42 Å². The van der Waals surface area contributed by atoms with Gasteiger partial charge in [-0.15, -0.1) is 0 Å². The summed E-state index contributed by atoms with van der Waals surface area (Å²) in [5.41, 5.74) is 1.20. The summed E-state index contributed by atoms with van der Waals surface area (Å²) in [5.74, 6) is 0.837. The van der Waals surface area contributed by atoms with Crippen LogP contribution in [0, 0.1) is 0 Å². The smallest absolute Gasteiger partial charge is 0.236 e. The molecule has 0 N–H and O–H groups in total. The molecule has 0 saturated heterocycles. The molecule has 0 fully saturated rings. The van der Waals surface area contributed by atoms with Gasteiger partial charge >= 0.3 is 0 Å². The molecule has 1 aromatic heterocycles. The lowest BCUT2D eigenvalue weighted by Crippen LogP contribution is -2.35. The van der Waals surface area contributed by atoms with Gasteiger partial charge in [-0.1, -0.05) is 30.3 Å². The predicted molar refractivity (Wildman–Crippen MR) is 85.7 cm³/mol. The Labute approximate surface area is 133 Å². The third-order valence-corrected chi connectivity index (χ3v) is 3.57. The fraction of sp³-hybridized carbons (Fsp3) is 0.312. The van der Waals surface area contributed by atoms with Gasteiger partial charge in [0.15, 0.2) is 4.67 Å². The highest BCUT2D eigenvalue weighted by Crippen LogP contribution is 2.15. The van der Waals surface area contributed by atoms with Crippen LogP contribution in [0.25, 0.3) is 0 Å². The molecule has 21 heavy (non-hydrogen) atoms. The number of carbonyl (C=O) groups is 1. The van der Waals surface area contributed by atoms with Gasteiger partial charge in [-0.05, 0) is 40.7 Å². The molecule has 2 rings (SSSR count). The maximum Gasteiger partial charge on any atom is 0.236 e. The molecule has 4 nitrogen and oxygen atoms in total. The number of furan rings is 1. The Morgan fingerprint density at radius 3 is 2.43 bits per heavy atom.